The second kappa shape index (κ2) is 5.51. The molecule has 0 saturated heterocycles. The number of allylic oxidation sites excluding steroid dienone is 10. The van der Waals surface area contributed by atoms with E-state index in [4.69, 9.17) is 0 Å². The lowest BCUT2D eigenvalue weighted by atomic mass is 9.73. The normalized spacial score (nSPS) is 33.3. The van der Waals surface area contributed by atoms with Crippen molar-refractivity contribution < 1.29 is 4.39 Å². The first kappa shape index (κ1) is 13.1. The Morgan fingerprint density at radius 1 is 1.33 bits per heavy atom. The summed E-state index contributed by atoms with van der Waals surface area (Å²) >= 11 is 0. The molecule has 0 heterocycles. The molecule has 0 N–H and O–H groups in total. The molecule has 18 heavy (non-hydrogen) atoms. The van der Waals surface area contributed by atoms with Gasteiger partial charge in [0.15, 0.2) is 0 Å². The van der Waals surface area contributed by atoms with Crippen LogP contribution in [0.1, 0.15) is 33.6 Å². The van der Waals surface area contributed by atoms with Crippen molar-refractivity contribution in [1.29, 1.82) is 0 Å². The first-order valence-electron chi connectivity index (χ1n) is 6.67. The molecule has 96 valence electrons. The summed E-state index contributed by atoms with van der Waals surface area (Å²) in [6, 6.07) is 0. The van der Waals surface area contributed by atoms with Gasteiger partial charge in [0.05, 0.1) is 0 Å². The summed E-state index contributed by atoms with van der Waals surface area (Å²) in [5, 5.41) is 0. The van der Waals surface area contributed by atoms with Gasteiger partial charge in [0.25, 0.3) is 0 Å². The van der Waals surface area contributed by atoms with E-state index in [9.17, 15) is 4.39 Å². The molecule has 2 aliphatic rings. The second-order valence-electron chi connectivity index (χ2n) is 5.27. The Kier molecular flexibility index (Phi) is 4.00. The SMILES string of the molecule is CC=CC1C/C=C\C=C(/C)C2=C(F)C=C(C)CC21. The highest BCUT2D eigenvalue weighted by Crippen LogP contribution is 2.41. The monoisotopic (exact) mass is 244 g/mol. The van der Waals surface area contributed by atoms with Crippen molar-refractivity contribution in [3.8, 4) is 0 Å². The fourth-order valence-corrected chi connectivity index (χ4v) is 2.99. The van der Waals surface area contributed by atoms with Gasteiger partial charge in [-0.1, -0.05) is 36.0 Å². The Morgan fingerprint density at radius 3 is 2.83 bits per heavy atom. The maximum atomic E-state index is 14.3. The Hall–Kier alpha value is -1.37. The average molecular weight is 244 g/mol. The lowest BCUT2D eigenvalue weighted by Crippen LogP contribution is -2.20. The van der Waals surface area contributed by atoms with Gasteiger partial charge >= 0.3 is 0 Å². The molecular weight excluding hydrogens is 223 g/mol. The van der Waals surface area contributed by atoms with Gasteiger partial charge in [-0.15, -0.1) is 0 Å². The first-order chi connectivity index (χ1) is 8.63. The first-order valence-corrected chi connectivity index (χ1v) is 6.67. The number of fused-ring (bicyclic) bond motifs is 1. The summed E-state index contributed by atoms with van der Waals surface area (Å²) in [4.78, 5) is 0. The van der Waals surface area contributed by atoms with Crippen molar-refractivity contribution in [2.45, 2.75) is 33.6 Å². The van der Waals surface area contributed by atoms with Gasteiger partial charge in [-0.05, 0) is 62.7 Å². The molecule has 1 heteroatoms. The van der Waals surface area contributed by atoms with Crippen molar-refractivity contribution in [3.05, 3.63) is 59.0 Å². The third-order valence-corrected chi connectivity index (χ3v) is 3.81. The predicted octanol–water partition coefficient (Wildman–Crippen LogP) is 5.27. The number of rotatable bonds is 1. The van der Waals surface area contributed by atoms with Crippen LogP contribution in [0.25, 0.3) is 0 Å². The van der Waals surface area contributed by atoms with E-state index in [1.807, 2.05) is 32.9 Å². The van der Waals surface area contributed by atoms with Gasteiger partial charge in [0, 0.05) is 0 Å². The quantitative estimate of drug-likeness (QED) is 0.551. The molecule has 0 spiro atoms. The van der Waals surface area contributed by atoms with Gasteiger partial charge in [-0.3, -0.25) is 0 Å². The molecule has 2 atom stereocenters. The molecule has 0 aromatic carbocycles. The van der Waals surface area contributed by atoms with Crippen molar-refractivity contribution in [2.24, 2.45) is 11.8 Å². The standard InChI is InChI=1S/C17H21F/c1-4-7-14-9-6-5-8-13(3)17-15(14)10-12(2)11-16(17)18/h4-8,11,14-15H,9-10H2,1-3H3/b6-5-,7-4?,13-8+. The minimum Gasteiger partial charge on any atom is -0.207 e. The van der Waals surface area contributed by atoms with Crippen LogP contribution in [0.5, 0.6) is 0 Å². The van der Waals surface area contributed by atoms with E-state index in [1.165, 1.54) is 0 Å². The van der Waals surface area contributed by atoms with Crippen LogP contribution in [0.15, 0.2) is 59.0 Å². The Morgan fingerprint density at radius 2 is 2.11 bits per heavy atom. The topological polar surface area (TPSA) is 0 Å². The van der Waals surface area contributed by atoms with Crippen LogP contribution in [0.2, 0.25) is 0 Å². The highest BCUT2D eigenvalue weighted by atomic mass is 19.1. The molecule has 2 aliphatic carbocycles. The smallest absolute Gasteiger partial charge is 0.126 e. The average Bonchev–Trinajstić information content (AvgIpc) is 2.30. The maximum Gasteiger partial charge on any atom is 0.126 e. The zero-order chi connectivity index (χ0) is 13.1. The molecule has 0 aromatic rings. The third kappa shape index (κ3) is 2.55. The molecule has 2 unspecified atom stereocenters. The van der Waals surface area contributed by atoms with Crippen LogP contribution in [0.3, 0.4) is 0 Å². The van der Waals surface area contributed by atoms with E-state index in [0.29, 0.717) is 5.92 Å². The zero-order valence-electron chi connectivity index (χ0n) is 11.4. The van der Waals surface area contributed by atoms with E-state index in [0.717, 1.165) is 29.6 Å². The molecule has 0 bridgehead atoms. The van der Waals surface area contributed by atoms with Crippen LogP contribution in [-0.4, -0.2) is 0 Å². The van der Waals surface area contributed by atoms with Gasteiger partial charge in [0.1, 0.15) is 5.83 Å². The van der Waals surface area contributed by atoms with Crippen LogP contribution in [-0.2, 0) is 0 Å². The Bertz CT molecular complexity index is 472. The van der Waals surface area contributed by atoms with E-state index in [1.54, 1.807) is 6.08 Å². The molecule has 0 radical (unpaired) electrons. The Labute approximate surface area is 109 Å². The van der Waals surface area contributed by atoms with Crippen LogP contribution in [0.4, 0.5) is 4.39 Å². The molecule has 0 amide bonds. The molecule has 0 aliphatic heterocycles. The summed E-state index contributed by atoms with van der Waals surface area (Å²) in [5.41, 5.74) is 3.12. The highest BCUT2D eigenvalue weighted by molar-refractivity contribution is 5.45. The third-order valence-electron chi connectivity index (χ3n) is 3.81. The largest absolute Gasteiger partial charge is 0.207 e. The van der Waals surface area contributed by atoms with Crippen molar-refractivity contribution in [2.75, 3.05) is 0 Å². The molecule has 0 aromatic heterocycles. The molecular formula is C17H21F. The lowest BCUT2D eigenvalue weighted by Gasteiger charge is -2.31. The fraction of sp³-hybridized carbons (Fsp3) is 0.412. The predicted molar refractivity (Wildman–Crippen MR) is 75.8 cm³/mol. The van der Waals surface area contributed by atoms with Gasteiger partial charge in [-0.2, -0.15) is 0 Å². The number of hydrogen-bond acceptors (Lipinski definition) is 0. The van der Waals surface area contributed by atoms with Crippen molar-refractivity contribution in [3.63, 3.8) is 0 Å². The van der Waals surface area contributed by atoms with Crippen molar-refractivity contribution in [1.82, 2.24) is 0 Å². The van der Waals surface area contributed by atoms with E-state index in [2.05, 4.69) is 18.2 Å². The fourth-order valence-electron chi connectivity index (χ4n) is 2.99. The summed E-state index contributed by atoms with van der Waals surface area (Å²) < 4.78 is 14.3. The zero-order valence-corrected chi connectivity index (χ0v) is 11.4. The lowest BCUT2D eigenvalue weighted by molar-refractivity contribution is 0.431. The maximum absolute atomic E-state index is 14.3. The minimum atomic E-state index is -0.0395. The van der Waals surface area contributed by atoms with E-state index >= 15 is 0 Å². The van der Waals surface area contributed by atoms with E-state index < -0.39 is 0 Å². The molecule has 2 rings (SSSR count). The minimum absolute atomic E-state index is 0.0395. The summed E-state index contributed by atoms with van der Waals surface area (Å²) in [5.74, 6) is 0.647. The Balaban J connectivity index is 2.50. The summed E-state index contributed by atoms with van der Waals surface area (Å²) in [7, 11) is 0. The van der Waals surface area contributed by atoms with Crippen LogP contribution in [0, 0.1) is 11.8 Å². The number of halogens is 1. The second-order valence-corrected chi connectivity index (χ2v) is 5.27. The van der Waals surface area contributed by atoms with E-state index in [-0.39, 0.29) is 11.7 Å². The van der Waals surface area contributed by atoms with Gasteiger partial charge in [0.2, 0.25) is 0 Å². The van der Waals surface area contributed by atoms with Gasteiger partial charge in [-0.25, -0.2) is 4.39 Å². The van der Waals surface area contributed by atoms with Gasteiger partial charge < -0.3 is 0 Å². The van der Waals surface area contributed by atoms with Crippen LogP contribution < -0.4 is 0 Å². The molecule has 0 saturated carbocycles. The molecule has 0 fully saturated rings. The van der Waals surface area contributed by atoms with Crippen molar-refractivity contribution >= 4 is 0 Å². The summed E-state index contributed by atoms with van der Waals surface area (Å²) in [6.45, 7) is 6.08. The van der Waals surface area contributed by atoms with Crippen LogP contribution >= 0.6 is 0 Å². The summed E-state index contributed by atoms with van der Waals surface area (Å²) in [6.07, 6.45) is 14.2. The highest BCUT2D eigenvalue weighted by Gasteiger charge is 2.29. The molecule has 0 nitrogen and oxygen atoms in total. The number of hydrogen-bond donors (Lipinski definition) is 0.